The van der Waals surface area contributed by atoms with Crippen LogP contribution in [0.25, 0.3) is 0 Å². The van der Waals surface area contributed by atoms with E-state index in [2.05, 4.69) is 0 Å². The Bertz CT molecular complexity index is 566. The minimum atomic E-state index is -3.64. The number of hydrogen-bond donors (Lipinski definition) is 1. The number of nitrogens with two attached hydrogens (primary N) is 1. The van der Waals surface area contributed by atoms with Crippen LogP contribution < -0.4 is 5.73 Å². The molecule has 0 saturated carbocycles. The van der Waals surface area contributed by atoms with Crippen molar-refractivity contribution in [2.75, 3.05) is 18.1 Å². The van der Waals surface area contributed by atoms with E-state index >= 15 is 0 Å². The minimum Gasteiger partial charge on any atom is -0.398 e. The molecule has 5 nitrogen and oxygen atoms in total. The van der Waals surface area contributed by atoms with Crippen molar-refractivity contribution >= 4 is 15.5 Å². The molecule has 2 N–H and O–H groups in total. The summed E-state index contributed by atoms with van der Waals surface area (Å²) in [7, 11) is -3.64. The van der Waals surface area contributed by atoms with Crippen molar-refractivity contribution in [3.63, 3.8) is 0 Å². The molecule has 0 spiro atoms. The van der Waals surface area contributed by atoms with Crippen LogP contribution in [-0.2, 0) is 14.6 Å². The Morgan fingerprint density at radius 3 is 2.78 bits per heavy atom. The Balaban J connectivity index is 2.78. The van der Waals surface area contributed by atoms with Gasteiger partial charge in [0.25, 0.3) is 0 Å². The van der Waals surface area contributed by atoms with Crippen molar-refractivity contribution in [1.82, 2.24) is 0 Å². The summed E-state index contributed by atoms with van der Waals surface area (Å²) in [6.07, 6.45) is -0.675. The first-order valence-corrected chi connectivity index (χ1v) is 6.81. The van der Waals surface area contributed by atoms with Gasteiger partial charge in [0.05, 0.1) is 29.0 Å². The van der Waals surface area contributed by atoms with Gasteiger partial charge in [0.1, 0.15) is 11.9 Å². The number of nitriles is 1. The Morgan fingerprint density at radius 1 is 1.56 bits per heavy atom. The number of sulfone groups is 1. The van der Waals surface area contributed by atoms with Gasteiger partial charge in [-0.15, -0.1) is 0 Å². The molecule has 7 heteroatoms. The highest BCUT2D eigenvalue weighted by Gasteiger charge is 2.18. The average Bonchev–Trinajstić information content (AvgIpc) is 2.27. The lowest BCUT2D eigenvalue weighted by Crippen LogP contribution is -2.17. The number of halogens is 1. The maximum atomic E-state index is 12.8. The second kappa shape index (κ2) is 5.80. The lowest BCUT2D eigenvalue weighted by molar-refractivity contribution is 0.116. The molecule has 0 radical (unpaired) electrons. The molecular formula is C11H13FN2O3S. The van der Waals surface area contributed by atoms with Gasteiger partial charge < -0.3 is 10.5 Å². The van der Waals surface area contributed by atoms with Crippen LogP contribution in [0, 0.1) is 17.1 Å². The summed E-state index contributed by atoms with van der Waals surface area (Å²) in [6, 6.07) is 4.92. The first-order chi connectivity index (χ1) is 8.36. The number of ether oxygens (including phenoxy) is 1. The lowest BCUT2D eigenvalue weighted by atomic mass is 10.3. The van der Waals surface area contributed by atoms with Crippen molar-refractivity contribution in [3.05, 3.63) is 24.0 Å². The Morgan fingerprint density at radius 2 is 2.22 bits per heavy atom. The zero-order valence-electron chi connectivity index (χ0n) is 9.76. The van der Waals surface area contributed by atoms with Crippen LogP contribution in [0.1, 0.15) is 6.92 Å². The summed E-state index contributed by atoms with van der Waals surface area (Å²) in [5, 5.41) is 8.47. The summed E-state index contributed by atoms with van der Waals surface area (Å²) < 4.78 is 41.5. The molecule has 0 aliphatic rings. The quantitative estimate of drug-likeness (QED) is 0.640. The highest BCUT2D eigenvalue weighted by atomic mass is 32.2. The molecule has 0 aromatic heterocycles. The first kappa shape index (κ1) is 14.4. The van der Waals surface area contributed by atoms with Crippen LogP contribution in [-0.4, -0.2) is 26.9 Å². The number of rotatable bonds is 5. The van der Waals surface area contributed by atoms with Crippen molar-refractivity contribution in [2.45, 2.75) is 17.9 Å². The van der Waals surface area contributed by atoms with E-state index < -0.39 is 21.8 Å². The molecule has 98 valence electrons. The normalized spacial score (nSPS) is 12.9. The molecule has 0 bridgehead atoms. The average molecular weight is 272 g/mol. The number of nitrogens with zero attached hydrogens (tertiary/aromatic N) is 1. The first-order valence-electron chi connectivity index (χ1n) is 5.16. The van der Waals surface area contributed by atoms with E-state index in [-0.39, 0.29) is 22.9 Å². The monoisotopic (exact) mass is 272 g/mol. The summed E-state index contributed by atoms with van der Waals surface area (Å²) >= 11 is 0. The highest BCUT2D eigenvalue weighted by molar-refractivity contribution is 7.91. The molecule has 1 unspecified atom stereocenters. The van der Waals surface area contributed by atoms with Gasteiger partial charge in [0.2, 0.25) is 0 Å². The molecule has 0 aliphatic carbocycles. The van der Waals surface area contributed by atoms with Gasteiger partial charge in [0, 0.05) is 0 Å². The van der Waals surface area contributed by atoms with E-state index in [0.29, 0.717) is 0 Å². The van der Waals surface area contributed by atoms with E-state index in [4.69, 9.17) is 15.7 Å². The number of anilines is 1. The summed E-state index contributed by atoms with van der Waals surface area (Å²) in [5.41, 5.74) is 5.32. The molecule has 0 fully saturated rings. The Kier molecular flexibility index (Phi) is 4.64. The van der Waals surface area contributed by atoms with Gasteiger partial charge in [0.15, 0.2) is 9.84 Å². The molecule has 0 saturated heterocycles. The summed E-state index contributed by atoms with van der Waals surface area (Å²) in [4.78, 5) is -0.128. The SMILES string of the molecule is CC(C#N)OCCS(=O)(=O)c1ccc(F)cc1N. The van der Waals surface area contributed by atoms with E-state index in [1.165, 1.54) is 6.92 Å². The fourth-order valence-corrected chi connectivity index (χ4v) is 2.51. The van der Waals surface area contributed by atoms with Gasteiger partial charge in [-0.2, -0.15) is 5.26 Å². The summed E-state index contributed by atoms with van der Waals surface area (Å²) in [6.45, 7) is 1.40. The van der Waals surface area contributed by atoms with Crippen LogP contribution in [0.3, 0.4) is 0 Å². The van der Waals surface area contributed by atoms with Gasteiger partial charge in [-0.25, -0.2) is 12.8 Å². The smallest absolute Gasteiger partial charge is 0.182 e. The predicted octanol–water partition coefficient (Wildman–Crippen LogP) is 1.11. The van der Waals surface area contributed by atoms with Crippen LogP contribution >= 0.6 is 0 Å². The zero-order chi connectivity index (χ0) is 13.8. The van der Waals surface area contributed by atoms with Crippen molar-refractivity contribution in [1.29, 1.82) is 5.26 Å². The molecule has 18 heavy (non-hydrogen) atoms. The predicted molar refractivity (Wildman–Crippen MR) is 63.9 cm³/mol. The fraction of sp³-hybridized carbons (Fsp3) is 0.364. The number of nitrogen functional groups attached to an aromatic ring is 1. The molecule has 1 rings (SSSR count). The Labute approximate surface area is 105 Å². The third-order valence-electron chi connectivity index (χ3n) is 2.21. The van der Waals surface area contributed by atoms with Crippen LogP contribution in [0.2, 0.25) is 0 Å². The molecule has 0 heterocycles. The standard InChI is InChI=1S/C11H13FN2O3S/c1-8(7-13)17-4-5-18(15,16)11-3-2-9(12)6-10(11)14/h2-3,6,8H,4-5,14H2,1H3. The highest BCUT2D eigenvalue weighted by Crippen LogP contribution is 2.20. The maximum Gasteiger partial charge on any atom is 0.182 e. The van der Waals surface area contributed by atoms with Gasteiger partial charge >= 0.3 is 0 Å². The van der Waals surface area contributed by atoms with E-state index in [1.807, 2.05) is 6.07 Å². The van der Waals surface area contributed by atoms with Crippen LogP contribution in [0.4, 0.5) is 10.1 Å². The second-order valence-electron chi connectivity index (χ2n) is 3.64. The van der Waals surface area contributed by atoms with Crippen LogP contribution in [0.5, 0.6) is 0 Å². The Hall–Kier alpha value is -1.65. The van der Waals surface area contributed by atoms with E-state index in [1.54, 1.807) is 0 Å². The zero-order valence-corrected chi connectivity index (χ0v) is 10.6. The van der Waals surface area contributed by atoms with Crippen molar-refractivity contribution in [2.24, 2.45) is 0 Å². The third kappa shape index (κ3) is 3.68. The topological polar surface area (TPSA) is 93.2 Å². The molecule has 0 amide bonds. The number of hydrogen-bond acceptors (Lipinski definition) is 5. The number of benzene rings is 1. The van der Waals surface area contributed by atoms with Crippen molar-refractivity contribution in [3.8, 4) is 6.07 Å². The third-order valence-corrected chi connectivity index (χ3v) is 3.95. The lowest BCUT2D eigenvalue weighted by Gasteiger charge is -2.08. The van der Waals surface area contributed by atoms with Gasteiger partial charge in [-0.3, -0.25) is 0 Å². The maximum absolute atomic E-state index is 12.8. The van der Waals surface area contributed by atoms with E-state index in [0.717, 1.165) is 18.2 Å². The van der Waals surface area contributed by atoms with Gasteiger partial charge in [-0.05, 0) is 25.1 Å². The minimum absolute atomic E-state index is 0.117. The molecule has 0 aliphatic heterocycles. The largest absolute Gasteiger partial charge is 0.398 e. The molecule has 1 atom stereocenters. The fourth-order valence-electron chi connectivity index (χ4n) is 1.28. The summed E-state index contributed by atoms with van der Waals surface area (Å²) in [5.74, 6) is -0.907. The van der Waals surface area contributed by atoms with E-state index in [9.17, 15) is 12.8 Å². The molecule has 1 aromatic rings. The van der Waals surface area contributed by atoms with Gasteiger partial charge in [-0.1, -0.05) is 0 Å². The molecular weight excluding hydrogens is 259 g/mol. The van der Waals surface area contributed by atoms with Crippen LogP contribution in [0.15, 0.2) is 23.1 Å². The second-order valence-corrected chi connectivity index (χ2v) is 5.72. The molecule has 1 aromatic carbocycles. The van der Waals surface area contributed by atoms with Crippen molar-refractivity contribution < 1.29 is 17.5 Å².